The van der Waals surface area contributed by atoms with Gasteiger partial charge in [-0.05, 0) is 48.6 Å². The van der Waals surface area contributed by atoms with Crippen LogP contribution in [0.2, 0.25) is 0 Å². The summed E-state index contributed by atoms with van der Waals surface area (Å²) in [6.07, 6.45) is 3.35. The third-order valence-corrected chi connectivity index (χ3v) is 6.55. The number of anilines is 1. The lowest BCUT2D eigenvalue weighted by Gasteiger charge is -2.33. The Morgan fingerprint density at radius 2 is 1.64 bits per heavy atom. The number of carbonyl (C=O) groups excluding carboxylic acids is 3. The van der Waals surface area contributed by atoms with Gasteiger partial charge in [0, 0.05) is 23.7 Å². The molecule has 8 nitrogen and oxygen atoms in total. The van der Waals surface area contributed by atoms with Crippen molar-refractivity contribution in [1.29, 1.82) is 0 Å². The number of carbonyl (C=O) groups is 3. The molecule has 2 aromatic rings. The van der Waals surface area contributed by atoms with Gasteiger partial charge in [0.15, 0.2) is 0 Å². The Kier molecular flexibility index (Phi) is 6.26. The Bertz CT molecular complexity index is 1070. The molecule has 33 heavy (non-hydrogen) atoms. The lowest BCUT2D eigenvalue weighted by atomic mass is 10.0. The second-order valence-electron chi connectivity index (χ2n) is 8.99. The molecule has 0 radical (unpaired) electrons. The Balaban J connectivity index is 1.63. The third-order valence-electron chi connectivity index (χ3n) is 6.55. The van der Waals surface area contributed by atoms with Crippen LogP contribution in [0, 0.1) is 10.1 Å². The van der Waals surface area contributed by atoms with Gasteiger partial charge in [-0.15, -0.1) is 0 Å². The van der Waals surface area contributed by atoms with Crippen molar-refractivity contribution in [2.24, 2.45) is 0 Å². The fourth-order valence-corrected chi connectivity index (χ4v) is 4.73. The van der Waals surface area contributed by atoms with Crippen molar-refractivity contribution < 1.29 is 19.3 Å². The molecule has 1 saturated heterocycles. The molecule has 3 amide bonds. The van der Waals surface area contributed by atoms with Gasteiger partial charge in [-0.3, -0.25) is 24.5 Å². The fourth-order valence-electron chi connectivity index (χ4n) is 4.73. The van der Waals surface area contributed by atoms with Crippen molar-refractivity contribution in [2.75, 3.05) is 4.90 Å². The van der Waals surface area contributed by atoms with E-state index < -0.39 is 16.9 Å². The van der Waals surface area contributed by atoms with E-state index in [1.807, 2.05) is 12.1 Å². The van der Waals surface area contributed by atoms with Gasteiger partial charge < -0.3 is 4.90 Å². The zero-order valence-corrected chi connectivity index (χ0v) is 18.8. The average Bonchev–Trinajstić information content (AvgIpc) is 3.42. The first-order valence-corrected chi connectivity index (χ1v) is 11.3. The minimum absolute atomic E-state index is 0.0695. The lowest BCUT2D eigenvalue weighted by molar-refractivity contribution is -0.384. The molecule has 1 saturated carbocycles. The molecule has 1 aliphatic heterocycles. The molecular weight excluding hydrogens is 422 g/mol. The van der Waals surface area contributed by atoms with Crippen LogP contribution in [0.15, 0.2) is 48.5 Å². The normalized spacial score (nSPS) is 18.9. The highest BCUT2D eigenvalue weighted by atomic mass is 16.6. The van der Waals surface area contributed by atoms with Gasteiger partial charge in [0.2, 0.25) is 5.91 Å². The monoisotopic (exact) mass is 449 g/mol. The van der Waals surface area contributed by atoms with Crippen LogP contribution in [0.5, 0.6) is 0 Å². The third kappa shape index (κ3) is 4.37. The number of amides is 3. The highest BCUT2D eigenvalue weighted by molar-refractivity contribution is 6.23. The van der Waals surface area contributed by atoms with Gasteiger partial charge in [0.1, 0.15) is 6.04 Å². The molecule has 0 aromatic heterocycles. The van der Waals surface area contributed by atoms with E-state index in [1.165, 1.54) is 29.2 Å². The van der Waals surface area contributed by atoms with Gasteiger partial charge in [0.25, 0.3) is 17.5 Å². The zero-order chi connectivity index (χ0) is 23.7. The molecule has 172 valence electrons. The molecule has 0 spiro atoms. The highest BCUT2D eigenvalue weighted by Crippen LogP contribution is 2.33. The fraction of sp³-hybridized carbons (Fsp3) is 0.400. The van der Waals surface area contributed by atoms with Crippen molar-refractivity contribution in [3.63, 3.8) is 0 Å². The van der Waals surface area contributed by atoms with Crippen LogP contribution in [-0.2, 0) is 9.59 Å². The molecule has 2 aliphatic rings. The van der Waals surface area contributed by atoms with Crippen LogP contribution < -0.4 is 4.90 Å². The first-order valence-electron chi connectivity index (χ1n) is 11.3. The van der Waals surface area contributed by atoms with Gasteiger partial charge in [-0.2, -0.15) is 0 Å². The standard InChI is InChI=1S/C25H27N3O5/c1-16(2)17-7-11-20(12-8-17)27-23(29)15-22(25(27)31)26(19-5-3-4-6-19)24(30)18-9-13-21(14-10-18)28(32)33/h7-14,16,19,22H,3-6,15H2,1-2H3. The largest absolute Gasteiger partial charge is 0.323 e. The van der Waals surface area contributed by atoms with Crippen LogP contribution in [-0.4, -0.2) is 39.6 Å². The number of hydrogen-bond acceptors (Lipinski definition) is 5. The minimum Gasteiger partial charge on any atom is -0.323 e. The van der Waals surface area contributed by atoms with Gasteiger partial charge in [-0.1, -0.05) is 38.8 Å². The van der Waals surface area contributed by atoms with E-state index >= 15 is 0 Å². The summed E-state index contributed by atoms with van der Waals surface area (Å²) in [5, 5.41) is 11.0. The summed E-state index contributed by atoms with van der Waals surface area (Å²) < 4.78 is 0. The number of rotatable bonds is 6. The number of imide groups is 1. The lowest BCUT2D eigenvalue weighted by Crippen LogP contribution is -2.50. The number of non-ortho nitro benzene ring substituents is 1. The molecule has 1 unspecified atom stereocenters. The second-order valence-corrected chi connectivity index (χ2v) is 8.99. The Morgan fingerprint density at radius 3 is 2.18 bits per heavy atom. The predicted octanol–water partition coefficient (Wildman–Crippen LogP) is 4.44. The van der Waals surface area contributed by atoms with E-state index in [0.29, 0.717) is 11.6 Å². The van der Waals surface area contributed by atoms with Crippen molar-refractivity contribution >= 4 is 29.1 Å². The number of nitrogens with zero attached hydrogens (tertiary/aromatic N) is 3. The molecule has 0 bridgehead atoms. The Morgan fingerprint density at radius 1 is 1.03 bits per heavy atom. The van der Waals surface area contributed by atoms with E-state index in [-0.39, 0.29) is 35.5 Å². The molecule has 8 heteroatoms. The van der Waals surface area contributed by atoms with Gasteiger partial charge >= 0.3 is 0 Å². The van der Waals surface area contributed by atoms with Crippen LogP contribution in [0.3, 0.4) is 0 Å². The van der Waals surface area contributed by atoms with Gasteiger partial charge in [0.05, 0.1) is 17.0 Å². The summed E-state index contributed by atoms with van der Waals surface area (Å²) in [6.45, 7) is 4.14. The summed E-state index contributed by atoms with van der Waals surface area (Å²) >= 11 is 0. The van der Waals surface area contributed by atoms with E-state index in [4.69, 9.17) is 0 Å². The number of hydrogen-bond donors (Lipinski definition) is 0. The molecule has 2 aromatic carbocycles. The van der Waals surface area contributed by atoms with E-state index in [0.717, 1.165) is 31.2 Å². The number of benzene rings is 2. The van der Waals surface area contributed by atoms with Crippen molar-refractivity contribution in [2.45, 2.75) is 64.0 Å². The van der Waals surface area contributed by atoms with E-state index in [9.17, 15) is 24.5 Å². The van der Waals surface area contributed by atoms with Crippen LogP contribution >= 0.6 is 0 Å². The Hall–Kier alpha value is -3.55. The maximum absolute atomic E-state index is 13.5. The maximum Gasteiger partial charge on any atom is 0.269 e. The molecule has 1 heterocycles. The molecular formula is C25H27N3O5. The topological polar surface area (TPSA) is 101 Å². The van der Waals surface area contributed by atoms with E-state index in [1.54, 1.807) is 17.0 Å². The predicted molar refractivity (Wildman–Crippen MR) is 123 cm³/mol. The quantitative estimate of drug-likeness (QED) is 0.369. The summed E-state index contributed by atoms with van der Waals surface area (Å²) in [5.41, 5.74) is 1.77. The SMILES string of the molecule is CC(C)c1ccc(N2C(=O)CC(N(C(=O)c3ccc([N+](=O)[O-])cc3)C3CCCC3)C2=O)cc1. The number of nitro benzene ring substituents is 1. The molecule has 2 fully saturated rings. The van der Waals surface area contributed by atoms with Crippen LogP contribution in [0.25, 0.3) is 0 Å². The van der Waals surface area contributed by atoms with Crippen molar-refractivity contribution in [3.05, 3.63) is 69.8 Å². The smallest absolute Gasteiger partial charge is 0.269 e. The van der Waals surface area contributed by atoms with E-state index in [2.05, 4.69) is 13.8 Å². The minimum atomic E-state index is -0.881. The second kappa shape index (κ2) is 9.13. The zero-order valence-electron chi connectivity index (χ0n) is 18.8. The summed E-state index contributed by atoms with van der Waals surface area (Å²) in [4.78, 5) is 53.0. The first-order chi connectivity index (χ1) is 15.8. The molecule has 0 N–H and O–H groups in total. The molecule has 1 atom stereocenters. The summed E-state index contributed by atoms with van der Waals surface area (Å²) in [7, 11) is 0. The van der Waals surface area contributed by atoms with Gasteiger partial charge in [-0.25, -0.2) is 4.90 Å². The van der Waals surface area contributed by atoms with Crippen molar-refractivity contribution in [3.8, 4) is 0 Å². The average molecular weight is 450 g/mol. The van der Waals surface area contributed by atoms with Crippen LogP contribution in [0.1, 0.15) is 67.8 Å². The molecule has 1 aliphatic carbocycles. The summed E-state index contributed by atoms with van der Waals surface area (Å²) in [5.74, 6) is -0.782. The number of nitro groups is 1. The highest BCUT2D eigenvalue weighted by Gasteiger charge is 2.47. The molecule has 4 rings (SSSR count). The Labute approximate surface area is 192 Å². The summed E-state index contributed by atoms with van der Waals surface area (Å²) in [6, 6.07) is 11.7. The van der Waals surface area contributed by atoms with Crippen molar-refractivity contribution in [1.82, 2.24) is 4.90 Å². The first kappa shape index (κ1) is 22.6. The maximum atomic E-state index is 13.5. The van der Waals surface area contributed by atoms with Crippen LogP contribution in [0.4, 0.5) is 11.4 Å².